The van der Waals surface area contributed by atoms with E-state index in [1.807, 2.05) is 53.4 Å². The maximum Gasteiger partial charge on any atom is 0.307 e. The monoisotopic (exact) mass is 378 g/mol. The molecule has 0 aliphatic heterocycles. The van der Waals surface area contributed by atoms with Crippen LogP contribution < -0.4 is 10.1 Å². The quantitative estimate of drug-likeness (QED) is 0.639. The highest BCUT2D eigenvalue weighted by Gasteiger charge is 2.20. The van der Waals surface area contributed by atoms with Crippen LogP contribution in [0.25, 0.3) is 5.69 Å². The summed E-state index contributed by atoms with van der Waals surface area (Å²) in [6.45, 7) is 0. The Balaban J connectivity index is 1.77. The van der Waals surface area contributed by atoms with E-state index in [2.05, 4.69) is 5.32 Å². The molecular weight excluding hydrogens is 356 g/mol. The second kappa shape index (κ2) is 8.90. The first-order valence-electron chi connectivity index (χ1n) is 8.85. The smallest absolute Gasteiger partial charge is 0.307 e. The average Bonchev–Trinajstić information content (AvgIpc) is 3.28. The van der Waals surface area contributed by atoms with E-state index in [0.717, 1.165) is 11.3 Å². The van der Waals surface area contributed by atoms with Crippen LogP contribution in [0.1, 0.15) is 28.4 Å². The van der Waals surface area contributed by atoms with Crippen molar-refractivity contribution in [1.29, 1.82) is 0 Å². The van der Waals surface area contributed by atoms with Gasteiger partial charge in [-0.1, -0.05) is 12.1 Å². The summed E-state index contributed by atoms with van der Waals surface area (Å²) in [6.07, 6.45) is 3.91. The van der Waals surface area contributed by atoms with Gasteiger partial charge in [0.2, 0.25) is 0 Å². The normalized spacial score (nSPS) is 11.5. The van der Waals surface area contributed by atoms with Gasteiger partial charge in [0.1, 0.15) is 5.75 Å². The van der Waals surface area contributed by atoms with Crippen molar-refractivity contribution in [2.45, 2.75) is 12.5 Å². The first-order chi connectivity index (χ1) is 13.6. The number of esters is 1. The lowest BCUT2D eigenvalue weighted by atomic mass is 10.0. The summed E-state index contributed by atoms with van der Waals surface area (Å²) in [5, 5.41) is 2.92. The van der Waals surface area contributed by atoms with E-state index in [-0.39, 0.29) is 12.3 Å². The Kier molecular flexibility index (Phi) is 6.11. The molecule has 0 aliphatic carbocycles. The van der Waals surface area contributed by atoms with Crippen LogP contribution in [0.5, 0.6) is 5.75 Å². The first-order valence-corrected chi connectivity index (χ1v) is 8.85. The fourth-order valence-corrected chi connectivity index (χ4v) is 2.87. The molecular formula is C22H22N2O4. The lowest BCUT2D eigenvalue weighted by Crippen LogP contribution is -2.30. The minimum Gasteiger partial charge on any atom is -0.497 e. The van der Waals surface area contributed by atoms with Gasteiger partial charge in [-0.2, -0.15) is 0 Å². The summed E-state index contributed by atoms with van der Waals surface area (Å²) in [5.74, 6) is 0.0420. The van der Waals surface area contributed by atoms with Crippen LogP contribution in [-0.4, -0.2) is 30.7 Å². The number of methoxy groups -OCH3 is 2. The van der Waals surface area contributed by atoms with Gasteiger partial charge in [0, 0.05) is 23.6 Å². The number of carbonyl (C=O) groups excluding carboxylic acids is 2. The number of hydrogen-bond acceptors (Lipinski definition) is 4. The molecule has 1 unspecified atom stereocenters. The molecule has 1 N–H and O–H groups in total. The zero-order valence-corrected chi connectivity index (χ0v) is 15.8. The standard InChI is InChI=1S/C22H22N2O4/c1-27-19-11-7-16(8-12-19)20(15-21(25)28-2)23-22(26)17-5-9-18(10-6-17)24-13-3-4-14-24/h3-14,20H,15H2,1-2H3,(H,23,26). The van der Waals surface area contributed by atoms with E-state index in [1.54, 1.807) is 31.4 Å². The van der Waals surface area contributed by atoms with Gasteiger partial charge < -0.3 is 19.4 Å². The minimum absolute atomic E-state index is 0.0377. The molecule has 1 amide bonds. The van der Waals surface area contributed by atoms with Crippen molar-refractivity contribution in [2.24, 2.45) is 0 Å². The van der Waals surface area contributed by atoms with E-state index in [0.29, 0.717) is 11.3 Å². The molecule has 1 aromatic heterocycles. The number of amides is 1. The van der Waals surface area contributed by atoms with Gasteiger partial charge in [0.15, 0.2) is 0 Å². The van der Waals surface area contributed by atoms with Gasteiger partial charge in [-0.05, 0) is 54.1 Å². The molecule has 0 radical (unpaired) electrons. The third-order valence-corrected chi connectivity index (χ3v) is 4.45. The number of rotatable bonds is 7. The van der Waals surface area contributed by atoms with Crippen molar-refractivity contribution in [1.82, 2.24) is 9.88 Å². The average molecular weight is 378 g/mol. The zero-order chi connectivity index (χ0) is 19.9. The highest BCUT2D eigenvalue weighted by atomic mass is 16.5. The van der Waals surface area contributed by atoms with Crippen molar-refractivity contribution in [2.75, 3.05) is 14.2 Å². The van der Waals surface area contributed by atoms with Crippen LogP contribution in [0.15, 0.2) is 73.1 Å². The topological polar surface area (TPSA) is 69.6 Å². The van der Waals surface area contributed by atoms with Crippen LogP contribution in [0.3, 0.4) is 0 Å². The minimum atomic E-state index is -0.505. The summed E-state index contributed by atoms with van der Waals surface area (Å²) < 4.78 is 11.9. The predicted octanol–water partition coefficient (Wildman–Crippen LogP) is 3.52. The Morgan fingerprint density at radius 2 is 1.61 bits per heavy atom. The number of benzene rings is 2. The van der Waals surface area contributed by atoms with E-state index in [4.69, 9.17) is 9.47 Å². The molecule has 1 heterocycles. The highest BCUT2D eigenvalue weighted by molar-refractivity contribution is 5.94. The van der Waals surface area contributed by atoms with Gasteiger partial charge in [0.05, 0.1) is 26.7 Å². The second-order valence-corrected chi connectivity index (χ2v) is 6.22. The van der Waals surface area contributed by atoms with Crippen LogP contribution in [-0.2, 0) is 9.53 Å². The van der Waals surface area contributed by atoms with E-state index in [1.165, 1.54) is 7.11 Å². The summed E-state index contributed by atoms with van der Waals surface area (Å²) in [5.41, 5.74) is 2.27. The third kappa shape index (κ3) is 4.59. The molecule has 0 saturated heterocycles. The lowest BCUT2D eigenvalue weighted by molar-refractivity contribution is -0.141. The number of carbonyl (C=O) groups is 2. The van der Waals surface area contributed by atoms with Crippen LogP contribution in [0.4, 0.5) is 0 Å². The molecule has 0 saturated carbocycles. The molecule has 3 rings (SSSR count). The molecule has 0 bridgehead atoms. The molecule has 6 heteroatoms. The molecule has 2 aromatic carbocycles. The number of hydrogen-bond donors (Lipinski definition) is 1. The van der Waals surface area contributed by atoms with E-state index in [9.17, 15) is 9.59 Å². The van der Waals surface area contributed by atoms with Gasteiger partial charge in [-0.25, -0.2) is 0 Å². The van der Waals surface area contributed by atoms with E-state index >= 15 is 0 Å². The molecule has 144 valence electrons. The van der Waals surface area contributed by atoms with Gasteiger partial charge >= 0.3 is 5.97 Å². The molecule has 0 aliphatic rings. The summed E-state index contributed by atoms with van der Waals surface area (Å²) in [7, 11) is 2.91. The SMILES string of the molecule is COC(=O)CC(NC(=O)c1ccc(-n2cccc2)cc1)c1ccc(OC)cc1. The fraction of sp³-hybridized carbons (Fsp3) is 0.182. The van der Waals surface area contributed by atoms with Gasteiger partial charge in [-0.15, -0.1) is 0 Å². The van der Waals surface area contributed by atoms with Crippen molar-refractivity contribution in [3.8, 4) is 11.4 Å². The van der Waals surface area contributed by atoms with Crippen molar-refractivity contribution < 1.29 is 19.1 Å². The zero-order valence-electron chi connectivity index (χ0n) is 15.8. The Morgan fingerprint density at radius 1 is 0.964 bits per heavy atom. The Hall–Kier alpha value is -3.54. The maximum absolute atomic E-state index is 12.7. The van der Waals surface area contributed by atoms with Gasteiger partial charge in [-0.3, -0.25) is 9.59 Å². The number of nitrogens with zero attached hydrogens (tertiary/aromatic N) is 1. The van der Waals surface area contributed by atoms with Crippen molar-refractivity contribution in [3.63, 3.8) is 0 Å². The lowest BCUT2D eigenvalue weighted by Gasteiger charge is -2.19. The number of nitrogens with one attached hydrogen (secondary N) is 1. The third-order valence-electron chi connectivity index (χ3n) is 4.45. The van der Waals surface area contributed by atoms with Crippen LogP contribution >= 0.6 is 0 Å². The number of ether oxygens (including phenoxy) is 2. The largest absolute Gasteiger partial charge is 0.497 e. The van der Waals surface area contributed by atoms with E-state index < -0.39 is 12.0 Å². The molecule has 6 nitrogen and oxygen atoms in total. The van der Waals surface area contributed by atoms with Crippen LogP contribution in [0, 0.1) is 0 Å². The Labute approximate surface area is 163 Å². The summed E-state index contributed by atoms with van der Waals surface area (Å²) in [6, 6.07) is 17.9. The highest BCUT2D eigenvalue weighted by Crippen LogP contribution is 2.21. The Bertz CT molecular complexity index is 916. The molecule has 3 aromatic rings. The number of aromatic nitrogens is 1. The van der Waals surface area contributed by atoms with Crippen molar-refractivity contribution >= 4 is 11.9 Å². The van der Waals surface area contributed by atoms with Gasteiger partial charge in [0.25, 0.3) is 5.91 Å². The molecule has 28 heavy (non-hydrogen) atoms. The fourth-order valence-electron chi connectivity index (χ4n) is 2.87. The molecule has 1 atom stereocenters. The molecule has 0 spiro atoms. The van der Waals surface area contributed by atoms with Crippen LogP contribution in [0.2, 0.25) is 0 Å². The summed E-state index contributed by atoms with van der Waals surface area (Å²) in [4.78, 5) is 24.5. The maximum atomic E-state index is 12.7. The van der Waals surface area contributed by atoms with Crippen molar-refractivity contribution in [3.05, 3.63) is 84.2 Å². The molecule has 0 fully saturated rings. The predicted molar refractivity (Wildman–Crippen MR) is 106 cm³/mol. The first kappa shape index (κ1) is 19.2. The Morgan fingerprint density at radius 3 is 2.18 bits per heavy atom. The second-order valence-electron chi connectivity index (χ2n) is 6.22. The summed E-state index contributed by atoms with van der Waals surface area (Å²) >= 11 is 0.